The number of thioether (sulfide) groups is 1. The van der Waals surface area contributed by atoms with Gasteiger partial charge in [0.05, 0.1) is 30.6 Å². The molecule has 1 N–H and O–H groups in total. The number of carbonyl (C=O) groups is 2. The van der Waals surface area contributed by atoms with Gasteiger partial charge in [-0.05, 0) is 45.0 Å². The van der Waals surface area contributed by atoms with Crippen LogP contribution in [0.2, 0.25) is 0 Å². The molecule has 2 rings (SSSR count). The molecule has 0 saturated carbocycles. The van der Waals surface area contributed by atoms with Crippen molar-refractivity contribution in [3.8, 4) is 5.75 Å². The Bertz CT molecular complexity index is 734. The third kappa shape index (κ3) is 4.00. The van der Waals surface area contributed by atoms with Crippen molar-refractivity contribution < 1.29 is 19.1 Å². The summed E-state index contributed by atoms with van der Waals surface area (Å²) in [5.74, 6) is 0.460. The predicted octanol–water partition coefficient (Wildman–Crippen LogP) is 3.79. The molecule has 1 aromatic heterocycles. The van der Waals surface area contributed by atoms with Crippen LogP contribution in [0.3, 0.4) is 0 Å². The van der Waals surface area contributed by atoms with Crippen LogP contribution in [0.4, 0.5) is 0 Å². The number of Topliss-reactive ketones (excluding diaryl/α,β-unsaturated/α-hetero) is 1. The van der Waals surface area contributed by atoms with Gasteiger partial charge in [0.25, 0.3) is 0 Å². The fraction of sp³-hybridized carbons (Fsp3) is 0.333. The van der Waals surface area contributed by atoms with E-state index in [1.54, 1.807) is 27.9 Å². The molecule has 0 bridgehead atoms. The molecule has 0 spiro atoms. The first-order chi connectivity index (χ1) is 11.5. The summed E-state index contributed by atoms with van der Waals surface area (Å²) in [4.78, 5) is 28.8. The number of aromatic nitrogens is 1. The Labute approximate surface area is 145 Å². The van der Waals surface area contributed by atoms with Crippen LogP contribution in [-0.2, 0) is 4.74 Å². The zero-order chi connectivity index (χ0) is 17.7. The molecule has 128 valence electrons. The van der Waals surface area contributed by atoms with Crippen LogP contribution in [0.25, 0.3) is 0 Å². The predicted molar refractivity (Wildman–Crippen MR) is 94.3 cm³/mol. The molecule has 0 saturated heterocycles. The summed E-state index contributed by atoms with van der Waals surface area (Å²) >= 11 is 1.42. The summed E-state index contributed by atoms with van der Waals surface area (Å²) in [6, 6.07) is 7.50. The number of H-pyrrole nitrogens is 1. The zero-order valence-corrected chi connectivity index (χ0v) is 15.1. The largest absolute Gasteiger partial charge is 0.497 e. The van der Waals surface area contributed by atoms with Crippen molar-refractivity contribution in [2.75, 3.05) is 19.5 Å². The van der Waals surface area contributed by atoms with E-state index < -0.39 is 5.97 Å². The number of rotatable bonds is 7. The SMILES string of the molecule is CCOC(=O)c1c(C)[nH]c(C)c1C(=O)CSc1ccc(OC)cc1. The van der Waals surface area contributed by atoms with Gasteiger partial charge in [0, 0.05) is 16.3 Å². The Morgan fingerprint density at radius 1 is 1.08 bits per heavy atom. The average molecular weight is 347 g/mol. The number of methoxy groups -OCH3 is 1. The first-order valence-corrected chi connectivity index (χ1v) is 8.62. The van der Waals surface area contributed by atoms with Gasteiger partial charge in [0.1, 0.15) is 5.75 Å². The van der Waals surface area contributed by atoms with Crippen molar-refractivity contribution in [2.24, 2.45) is 0 Å². The lowest BCUT2D eigenvalue weighted by Gasteiger charge is -2.06. The maximum absolute atomic E-state index is 12.6. The normalized spacial score (nSPS) is 10.5. The minimum Gasteiger partial charge on any atom is -0.497 e. The summed E-state index contributed by atoms with van der Waals surface area (Å²) in [7, 11) is 1.61. The van der Waals surface area contributed by atoms with Crippen LogP contribution >= 0.6 is 11.8 Å². The van der Waals surface area contributed by atoms with E-state index in [-0.39, 0.29) is 18.1 Å². The summed E-state index contributed by atoms with van der Waals surface area (Å²) in [6.45, 7) is 5.58. The van der Waals surface area contributed by atoms with E-state index in [0.717, 1.165) is 10.6 Å². The number of ketones is 1. The molecule has 6 heteroatoms. The molecule has 2 aromatic rings. The minimum atomic E-state index is -0.461. The Hall–Kier alpha value is -2.21. The first kappa shape index (κ1) is 18.1. The van der Waals surface area contributed by atoms with E-state index >= 15 is 0 Å². The highest BCUT2D eigenvalue weighted by Crippen LogP contribution is 2.25. The summed E-state index contributed by atoms with van der Waals surface area (Å²) < 4.78 is 10.2. The highest BCUT2D eigenvalue weighted by molar-refractivity contribution is 8.00. The van der Waals surface area contributed by atoms with Gasteiger partial charge in [-0.25, -0.2) is 4.79 Å². The number of carbonyl (C=O) groups excluding carboxylic acids is 2. The Morgan fingerprint density at radius 3 is 2.29 bits per heavy atom. The van der Waals surface area contributed by atoms with Gasteiger partial charge in [-0.3, -0.25) is 4.79 Å². The molecule has 0 amide bonds. The van der Waals surface area contributed by atoms with Crippen molar-refractivity contribution in [3.63, 3.8) is 0 Å². The standard InChI is InChI=1S/C18H21NO4S/c1-5-23-18(21)17-12(3)19-11(2)16(17)15(20)10-24-14-8-6-13(22-4)7-9-14/h6-9,19H,5,10H2,1-4H3. The van der Waals surface area contributed by atoms with Gasteiger partial charge in [0.15, 0.2) is 5.78 Å². The number of aryl methyl sites for hydroxylation is 2. The number of hydrogen-bond acceptors (Lipinski definition) is 5. The van der Waals surface area contributed by atoms with Gasteiger partial charge < -0.3 is 14.5 Å². The average Bonchev–Trinajstić information content (AvgIpc) is 2.87. The second kappa shape index (κ2) is 8.06. The number of benzene rings is 1. The molecule has 0 fully saturated rings. The lowest BCUT2D eigenvalue weighted by molar-refractivity contribution is 0.0522. The molecule has 0 aliphatic heterocycles. The van der Waals surface area contributed by atoms with Gasteiger partial charge in [0.2, 0.25) is 0 Å². The molecule has 0 aliphatic rings. The number of aromatic amines is 1. The summed E-state index contributed by atoms with van der Waals surface area (Å²) in [5.41, 5.74) is 2.11. The van der Waals surface area contributed by atoms with Crippen LogP contribution in [0.1, 0.15) is 39.0 Å². The maximum Gasteiger partial charge on any atom is 0.340 e. The van der Waals surface area contributed by atoms with Crippen molar-refractivity contribution in [2.45, 2.75) is 25.7 Å². The monoisotopic (exact) mass is 347 g/mol. The molecule has 1 heterocycles. The van der Waals surface area contributed by atoms with Gasteiger partial charge in [-0.2, -0.15) is 0 Å². The first-order valence-electron chi connectivity index (χ1n) is 7.64. The van der Waals surface area contributed by atoms with Crippen LogP contribution in [0.5, 0.6) is 5.75 Å². The molecule has 5 nitrogen and oxygen atoms in total. The zero-order valence-electron chi connectivity index (χ0n) is 14.3. The summed E-state index contributed by atoms with van der Waals surface area (Å²) in [5, 5.41) is 0. The molecule has 1 aromatic carbocycles. The van der Waals surface area contributed by atoms with Crippen molar-refractivity contribution in [1.82, 2.24) is 4.98 Å². The Morgan fingerprint density at radius 2 is 1.71 bits per heavy atom. The van der Waals surface area contributed by atoms with Gasteiger partial charge in [-0.1, -0.05) is 0 Å². The van der Waals surface area contributed by atoms with E-state index in [9.17, 15) is 9.59 Å². The lowest BCUT2D eigenvalue weighted by Crippen LogP contribution is -2.13. The fourth-order valence-electron chi connectivity index (χ4n) is 2.48. The number of esters is 1. The topological polar surface area (TPSA) is 68.4 Å². The van der Waals surface area contributed by atoms with Crippen LogP contribution < -0.4 is 4.74 Å². The van der Waals surface area contributed by atoms with E-state index in [4.69, 9.17) is 9.47 Å². The smallest absolute Gasteiger partial charge is 0.340 e. The molecule has 0 unspecified atom stereocenters. The minimum absolute atomic E-state index is 0.0966. The highest BCUT2D eigenvalue weighted by Gasteiger charge is 2.25. The highest BCUT2D eigenvalue weighted by atomic mass is 32.2. The molecule has 0 atom stereocenters. The maximum atomic E-state index is 12.6. The molecule has 0 radical (unpaired) electrons. The van der Waals surface area contributed by atoms with E-state index in [0.29, 0.717) is 22.5 Å². The molecular formula is C18H21NO4S. The second-order valence-corrected chi connectivity index (χ2v) is 6.28. The molecular weight excluding hydrogens is 326 g/mol. The fourth-order valence-corrected chi connectivity index (χ4v) is 3.25. The van der Waals surface area contributed by atoms with Crippen molar-refractivity contribution >= 4 is 23.5 Å². The second-order valence-electron chi connectivity index (χ2n) is 5.23. The van der Waals surface area contributed by atoms with Crippen molar-refractivity contribution in [1.29, 1.82) is 0 Å². The van der Waals surface area contributed by atoms with Gasteiger partial charge in [-0.15, -0.1) is 11.8 Å². The Balaban J connectivity index is 2.15. The van der Waals surface area contributed by atoms with Crippen molar-refractivity contribution in [3.05, 3.63) is 46.8 Å². The number of hydrogen-bond donors (Lipinski definition) is 1. The number of nitrogens with one attached hydrogen (secondary N) is 1. The summed E-state index contributed by atoms with van der Waals surface area (Å²) in [6.07, 6.45) is 0. The Kier molecular flexibility index (Phi) is 6.09. The van der Waals surface area contributed by atoms with E-state index in [2.05, 4.69) is 4.98 Å². The molecule has 0 aliphatic carbocycles. The lowest BCUT2D eigenvalue weighted by atomic mass is 10.1. The number of ether oxygens (including phenoxy) is 2. The van der Waals surface area contributed by atoms with Gasteiger partial charge >= 0.3 is 5.97 Å². The van der Waals surface area contributed by atoms with Crippen LogP contribution in [0, 0.1) is 13.8 Å². The van der Waals surface area contributed by atoms with E-state index in [1.807, 2.05) is 24.3 Å². The third-order valence-corrected chi connectivity index (χ3v) is 4.57. The quantitative estimate of drug-likeness (QED) is 0.469. The third-order valence-electron chi connectivity index (χ3n) is 3.56. The van der Waals surface area contributed by atoms with Crippen LogP contribution in [0.15, 0.2) is 29.2 Å². The molecule has 24 heavy (non-hydrogen) atoms. The van der Waals surface area contributed by atoms with E-state index in [1.165, 1.54) is 11.8 Å². The van der Waals surface area contributed by atoms with Crippen LogP contribution in [-0.4, -0.2) is 36.2 Å².